The number of piperazine rings is 1. The molecule has 1 aliphatic rings. The Kier molecular flexibility index (Phi) is 5.44. The van der Waals surface area contributed by atoms with E-state index in [0.29, 0.717) is 18.8 Å². The highest BCUT2D eigenvalue weighted by atomic mass is 35.5. The number of nitrogens with zero attached hydrogens (tertiary/aromatic N) is 2. The van der Waals surface area contributed by atoms with Gasteiger partial charge in [0.05, 0.1) is 6.04 Å². The molecular weight excluding hydrogens is 317 g/mol. The third-order valence-corrected chi connectivity index (χ3v) is 4.33. The van der Waals surface area contributed by atoms with Gasteiger partial charge in [0.1, 0.15) is 11.5 Å². The van der Waals surface area contributed by atoms with Crippen molar-refractivity contribution in [3.63, 3.8) is 0 Å². The van der Waals surface area contributed by atoms with Crippen LogP contribution in [0.5, 0.6) is 0 Å². The van der Waals surface area contributed by atoms with Gasteiger partial charge in [-0.05, 0) is 36.8 Å². The molecule has 0 saturated carbocycles. The van der Waals surface area contributed by atoms with Crippen molar-refractivity contribution in [3.8, 4) is 0 Å². The predicted molar refractivity (Wildman–Crippen MR) is 90.4 cm³/mol. The van der Waals surface area contributed by atoms with Gasteiger partial charge in [-0.1, -0.05) is 12.1 Å². The lowest BCUT2D eigenvalue weighted by molar-refractivity contribution is 0.0624. The van der Waals surface area contributed by atoms with Gasteiger partial charge in [0.2, 0.25) is 0 Å². The molecule has 4 nitrogen and oxygen atoms in total. The first-order valence-electron chi connectivity index (χ1n) is 7.47. The minimum absolute atomic E-state index is 0. The van der Waals surface area contributed by atoms with Crippen LogP contribution in [0.25, 0.3) is 0 Å². The lowest BCUT2D eigenvalue weighted by Crippen LogP contribution is -2.49. The summed E-state index contributed by atoms with van der Waals surface area (Å²) in [7, 11) is 1.89. The van der Waals surface area contributed by atoms with Crippen molar-refractivity contribution in [3.05, 3.63) is 59.2 Å². The van der Waals surface area contributed by atoms with Gasteiger partial charge in [0.15, 0.2) is 0 Å². The lowest BCUT2D eigenvalue weighted by atomic mass is 10.0. The number of nitrogens with one attached hydrogen (secondary N) is 1. The molecule has 0 spiro atoms. The smallest absolute Gasteiger partial charge is 0.271 e. The van der Waals surface area contributed by atoms with Gasteiger partial charge < -0.3 is 14.8 Å². The number of carbonyl (C=O) groups excluding carboxylic acids is 1. The molecule has 3 rings (SSSR count). The molecule has 1 unspecified atom stereocenters. The summed E-state index contributed by atoms with van der Waals surface area (Å²) in [4.78, 5) is 14.7. The number of hydrogen-bond donors (Lipinski definition) is 1. The molecular formula is C17H21ClFN3O. The monoisotopic (exact) mass is 337 g/mol. The quantitative estimate of drug-likeness (QED) is 0.915. The van der Waals surface area contributed by atoms with E-state index in [-0.39, 0.29) is 30.2 Å². The molecule has 0 bridgehead atoms. The van der Waals surface area contributed by atoms with Crippen LogP contribution in [0.4, 0.5) is 4.39 Å². The van der Waals surface area contributed by atoms with Gasteiger partial charge in [-0.2, -0.15) is 0 Å². The van der Waals surface area contributed by atoms with Crippen LogP contribution in [0.3, 0.4) is 0 Å². The van der Waals surface area contributed by atoms with Crippen molar-refractivity contribution in [2.24, 2.45) is 7.05 Å². The SMILES string of the molecule is Cc1ccc(C(=O)N2CCNCC2c2cccc(F)c2)n1C.Cl. The Balaban J connectivity index is 0.00000192. The van der Waals surface area contributed by atoms with Gasteiger partial charge in [-0.15, -0.1) is 12.4 Å². The van der Waals surface area contributed by atoms with Crippen LogP contribution < -0.4 is 5.32 Å². The number of benzene rings is 1. The summed E-state index contributed by atoms with van der Waals surface area (Å²) in [6.07, 6.45) is 0. The molecule has 1 N–H and O–H groups in total. The van der Waals surface area contributed by atoms with Crippen LogP contribution in [0, 0.1) is 12.7 Å². The minimum atomic E-state index is -0.273. The Morgan fingerprint density at radius 2 is 2.09 bits per heavy atom. The van der Waals surface area contributed by atoms with Crippen LogP contribution in [0.2, 0.25) is 0 Å². The Hall–Kier alpha value is -1.85. The zero-order valence-corrected chi connectivity index (χ0v) is 14.1. The molecule has 1 aromatic heterocycles. The molecule has 124 valence electrons. The molecule has 2 heterocycles. The van der Waals surface area contributed by atoms with E-state index in [2.05, 4.69) is 5.32 Å². The minimum Gasteiger partial charge on any atom is -0.344 e. The van der Waals surface area contributed by atoms with Gasteiger partial charge in [0, 0.05) is 32.4 Å². The molecule has 0 radical (unpaired) electrons. The number of rotatable bonds is 2. The Morgan fingerprint density at radius 1 is 1.30 bits per heavy atom. The van der Waals surface area contributed by atoms with Gasteiger partial charge in [-0.3, -0.25) is 4.79 Å². The number of halogens is 2. The molecule has 2 aromatic rings. The highest BCUT2D eigenvalue weighted by molar-refractivity contribution is 5.93. The first kappa shape index (κ1) is 17.5. The van der Waals surface area contributed by atoms with Crippen molar-refractivity contribution >= 4 is 18.3 Å². The fourth-order valence-electron chi connectivity index (χ4n) is 2.93. The van der Waals surface area contributed by atoms with Crippen molar-refractivity contribution in [2.75, 3.05) is 19.6 Å². The lowest BCUT2D eigenvalue weighted by Gasteiger charge is -2.36. The van der Waals surface area contributed by atoms with E-state index in [4.69, 9.17) is 0 Å². The maximum atomic E-state index is 13.5. The summed E-state index contributed by atoms with van der Waals surface area (Å²) in [5, 5.41) is 3.29. The molecule has 1 amide bonds. The van der Waals surface area contributed by atoms with Crippen LogP contribution in [-0.2, 0) is 7.05 Å². The van der Waals surface area contributed by atoms with E-state index in [0.717, 1.165) is 17.8 Å². The van der Waals surface area contributed by atoms with Crippen molar-refractivity contribution in [1.82, 2.24) is 14.8 Å². The Bertz CT molecular complexity index is 701. The average Bonchev–Trinajstić information content (AvgIpc) is 2.86. The summed E-state index contributed by atoms with van der Waals surface area (Å²) in [6.45, 7) is 3.97. The van der Waals surface area contributed by atoms with Crippen LogP contribution >= 0.6 is 12.4 Å². The predicted octanol–water partition coefficient (Wildman–Crippen LogP) is 2.68. The zero-order chi connectivity index (χ0) is 15.7. The highest BCUT2D eigenvalue weighted by Gasteiger charge is 2.30. The standard InChI is InChI=1S/C17H20FN3O.ClH/c1-12-6-7-15(20(12)2)17(22)21-9-8-19-11-16(21)13-4-3-5-14(18)10-13;/h3-7,10,16,19H,8-9,11H2,1-2H3;1H. The molecule has 1 atom stereocenters. The Labute approximate surface area is 141 Å². The second kappa shape index (κ2) is 7.15. The van der Waals surface area contributed by atoms with Crippen LogP contribution in [0.1, 0.15) is 27.8 Å². The molecule has 1 fully saturated rings. The summed E-state index contributed by atoms with van der Waals surface area (Å²) >= 11 is 0. The van der Waals surface area contributed by atoms with Crippen LogP contribution in [0.15, 0.2) is 36.4 Å². The second-order valence-electron chi connectivity index (χ2n) is 5.69. The first-order chi connectivity index (χ1) is 10.6. The fraction of sp³-hybridized carbons (Fsp3) is 0.353. The molecule has 1 aliphatic heterocycles. The maximum Gasteiger partial charge on any atom is 0.271 e. The van der Waals surface area contributed by atoms with E-state index in [1.165, 1.54) is 12.1 Å². The summed E-state index contributed by atoms with van der Waals surface area (Å²) < 4.78 is 15.4. The van der Waals surface area contributed by atoms with Crippen molar-refractivity contribution < 1.29 is 9.18 Å². The molecule has 1 saturated heterocycles. The second-order valence-corrected chi connectivity index (χ2v) is 5.69. The molecule has 23 heavy (non-hydrogen) atoms. The topological polar surface area (TPSA) is 37.3 Å². The maximum absolute atomic E-state index is 13.5. The molecule has 0 aliphatic carbocycles. The van der Waals surface area contributed by atoms with E-state index < -0.39 is 0 Å². The van der Waals surface area contributed by atoms with Crippen LogP contribution in [-0.4, -0.2) is 35.0 Å². The third-order valence-electron chi connectivity index (χ3n) is 4.33. The number of hydrogen-bond acceptors (Lipinski definition) is 2. The third kappa shape index (κ3) is 3.41. The van der Waals surface area contributed by atoms with E-state index in [1.54, 1.807) is 6.07 Å². The average molecular weight is 338 g/mol. The van der Waals surface area contributed by atoms with Crippen molar-refractivity contribution in [1.29, 1.82) is 0 Å². The largest absolute Gasteiger partial charge is 0.344 e. The Morgan fingerprint density at radius 3 is 2.74 bits per heavy atom. The van der Waals surface area contributed by atoms with Gasteiger partial charge in [0.25, 0.3) is 5.91 Å². The zero-order valence-electron chi connectivity index (χ0n) is 13.3. The van der Waals surface area contributed by atoms with E-state index >= 15 is 0 Å². The number of aromatic nitrogens is 1. The molecule has 1 aromatic carbocycles. The number of amides is 1. The summed E-state index contributed by atoms with van der Waals surface area (Å²) in [6, 6.07) is 10.1. The van der Waals surface area contributed by atoms with E-state index in [1.807, 2.05) is 41.6 Å². The number of carbonyl (C=O) groups is 1. The first-order valence-corrected chi connectivity index (χ1v) is 7.47. The fourth-order valence-corrected chi connectivity index (χ4v) is 2.93. The van der Waals surface area contributed by atoms with Gasteiger partial charge in [-0.25, -0.2) is 4.39 Å². The van der Waals surface area contributed by atoms with Crippen molar-refractivity contribution in [2.45, 2.75) is 13.0 Å². The number of aryl methyl sites for hydroxylation is 1. The van der Waals surface area contributed by atoms with E-state index in [9.17, 15) is 9.18 Å². The summed E-state index contributed by atoms with van der Waals surface area (Å²) in [5.74, 6) is -0.281. The molecule has 6 heteroatoms. The summed E-state index contributed by atoms with van der Waals surface area (Å²) in [5.41, 5.74) is 2.54. The van der Waals surface area contributed by atoms with Gasteiger partial charge >= 0.3 is 0 Å². The normalized spacial score (nSPS) is 17.7. The highest BCUT2D eigenvalue weighted by Crippen LogP contribution is 2.25.